The molecule has 20 heavy (non-hydrogen) atoms. The molecule has 1 unspecified atom stereocenters. The number of H-pyrrole nitrogens is 1. The molecule has 1 saturated carbocycles. The van der Waals surface area contributed by atoms with E-state index in [0.717, 1.165) is 19.4 Å². The van der Waals surface area contributed by atoms with E-state index in [1.807, 2.05) is 13.8 Å². The fourth-order valence-electron chi connectivity index (χ4n) is 2.77. The number of sulfonamides is 1. The topological polar surface area (TPSA) is 86.9 Å². The number of nitrogens with zero attached hydrogens (tertiary/aromatic N) is 1. The summed E-state index contributed by atoms with van der Waals surface area (Å²) in [4.78, 5) is 0. The van der Waals surface area contributed by atoms with Crippen molar-refractivity contribution in [3.8, 4) is 0 Å². The van der Waals surface area contributed by atoms with Crippen LogP contribution in [-0.2, 0) is 16.6 Å². The largest absolute Gasteiger partial charge is 0.313 e. The second-order valence-electron chi connectivity index (χ2n) is 5.46. The van der Waals surface area contributed by atoms with Crippen LogP contribution >= 0.6 is 0 Å². The lowest BCUT2D eigenvalue weighted by Gasteiger charge is -2.20. The van der Waals surface area contributed by atoms with Crippen molar-refractivity contribution in [2.45, 2.75) is 57.1 Å². The lowest BCUT2D eigenvalue weighted by Crippen LogP contribution is -2.37. The van der Waals surface area contributed by atoms with Gasteiger partial charge in [-0.3, -0.25) is 5.10 Å². The third-order valence-corrected chi connectivity index (χ3v) is 5.53. The summed E-state index contributed by atoms with van der Waals surface area (Å²) < 4.78 is 27.7. The van der Waals surface area contributed by atoms with Gasteiger partial charge in [0.05, 0.1) is 6.20 Å². The van der Waals surface area contributed by atoms with Gasteiger partial charge in [0.1, 0.15) is 0 Å². The molecule has 6 nitrogen and oxygen atoms in total. The van der Waals surface area contributed by atoms with Gasteiger partial charge in [0.25, 0.3) is 10.0 Å². The van der Waals surface area contributed by atoms with E-state index in [0.29, 0.717) is 18.0 Å². The Morgan fingerprint density at radius 2 is 2.15 bits per heavy atom. The minimum absolute atomic E-state index is 0.0298. The van der Waals surface area contributed by atoms with Crippen LogP contribution in [-0.4, -0.2) is 31.2 Å². The van der Waals surface area contributed by atoms with E-state index < -0.39 is 10.0 Å². The van der Waals surface area contributed by atoms with Crippen LogP contribution in [0.5, 0.6) is 0 Å². The van der Waals surface area contributed by atoms with Crippen molar-refractivity contribution < 1.29 is 8.42 Å². The first-order valence-corrected chi connectivity index (χ1v) is 8.78. The highest BCUT2D eigenvalue weighted by atomic mass is 32.2. The fraction of sp³-hybridized carbons (Fsp3) is 0.769. The van der Waals surface area contributed by atoms with E-state index >= 15 is 0 Å². The molecule has 2 rings (SSSR count). The number of hydrogen-bond donors (Lipinski definition) is 3. The van der Waals surface area contributed by atoms with E-state index in [-0.39, 0.29) is 11.1 Å². The van der Waals surface area contributed by atoms with E-state index in [2.05, 4.69) is 20.2 Å². The number of aromatic nitrogens is 2. The Labute approximate surface area is 120 Å². The summed E-state index contributed by atoms with van der Waals surface area (Å²) in [5, 5.41) is 9.78. The van der Waals surface area contributed by atoms with Gasteiger partial charge in [-0.15, -0.1) is 0 Å². The van der Waals surface area contributed by atoms with Crippen LogP contribution in [0.2, 0.25) is 0 Å². The highest BCUT2D eigenvalue weighted by Gasteiger charge is 2.28. The van der Waals surface area contributed by atoms with Gasteiger partial charge in [-0.1, -0.05) is 19.8 Å². The van der Waals surface area contributed by atoms with Gasteiger partial charge in [-0.2, -0.15) is 5.10 Å². The molecule has 0 amide bonds. The highest BCUT2D eigenvalue weighted by Crippen LogP contribution is 2.28. The second kappa shape index (κ2) is 6.69. The summed E-state index contributed by atoms with van der Waals surface area (Å²) in [7, 11) is -3.52. The average molecular weight is 300 g/mol. The third-order valence-electron chi connectivity index (χ3n) is 3.96. The van der Waals surface area contributed by atoms with Gasteiger partial charge in [-0.25, -0.2) is 13.1 Å². The Kier molecular flexibility index (Phi) is 5.17. The quantitative estimate of drug-likeness (QED) is 0.710. The smallest absolute Gasteiger partial charge is 0.258 e. The fourth-order valence-corrected chi connectivity index (χ4v) is 4.22. The number of aromatic amines is 1. The molecule has 1 aromatic rings. The molecule has 0 saturated heterocycles. The second-order valence-corrected chi connectivity index (χ2v) is 7.11. The van der Waals surface area contributed by atoms with Crippen LogP contribution in [0.1, 0.15) is 45.1 Å². The van der Waals surface area contributed by atoms with E-state index in [1.54, 1.807) is 6.20 Å². The van der Waals surface area contributed by atoms with Crippen LogP contribution in [0.3, 0.4) is 0 Å². The SMILES string of the molecule is CCNCc1cn[nH]c1S(=O)(=O)NC(C)C1CCCC1. The standard InChI is InChI=1S/C13H24N4O2S/c1-3-14-8-12-9-15-16-13(12)20(18,19)17-10(2)11-6-4-5-7-11/h9-11,14,17H,3-8H2,1-2H3,(H,15,16). The Morgan fingerprint density at radius 3 is 2.80 bits per heavy atom. The van der Waals surface area contributed by atoms with E-state index in [1.165, 1.54) is 12.8 Å². The van der Waals surface area contributed by atoms with Crippen molar-refractivity contribution in [3.63, 3.8) is 0 Å². The molecule has 1 aliphatic carbocycles. The Hall–Kier alpha value is -0.920. The first-order valence-electron chi connectivity index (χ1n) is 7.30. The summed E-state index contributed by atoms with van der Waals surface area (Å²) in [6.45, 7) is 5.22. The zero-order valence-corrected chi connectivity index (χ0v) is 13.0. The van der Waals surface area contributed by atoms with Gasteiger partial charge in [0, 0.05) is 18.2 Å². The molecular formula is C13H24N4O2S. The summed E-state index contributed by atoms with van der Waals surface area (Å²) in [5.74, 6) is 0.449. The molecule has 0 aliphatic heterocycles. The Balaban J connectivity index is 2.07. The van der Waals surface area contributed by atoms with Crippen LogP contribution in [0.4, 0.5) is 0 Å². The van der Waals surface area contributed by atoms with Crippen molar-refractivity contribution in [3.05, 3.63) is 11.8 Å². The zero-order chi connectivity index (χ0) is 14.6. The van der Waals surface area contributed by atoms with Crippen molar-refractivity contribution in [1.82, 2.24) is 20.2 Å². The molecule has 3 N–H and O–H groups in total. The van der Waals surface area contributed by atoms with Crippen molar-refractivity contribution in [2.75, 3.05) is 6.54 Å². The number of hydrogen-bond acceptors (Lipinski definition) is 4. The predicted molar refractivity (Wildman–Crippen MR) is 77.7 cm³/mol. The molecule has 1 aliphatic rings. The molecule has 1 heterocycles. The molecule has 0 spiro atoms. The maximum Gasteiger partial charge on any atom is 0.258 e. The van der Waals surface area contributed by atoms with Crippen LogP contribution < -0.4 is 10.0 Å². The minimum atomic E-state index is -3.52. The lowest BCUT2D eigenvalue weighted by atomic mass is 10.0. The molecule has 0 radical (unpaired) electrons. The molecule has 1 aromatic heterocycles. The first kappa shape index (κ1) is 15.5. The summed E-state index contributed by atoms with van der Waals surface area (Å²) in [6.07, 6.45) is 6.18. The maximum atomic E-state index is 12.4. The van der Waals surface area contributed by atoms with Gasteiger partial charge in [-0.05, 0) is 32.2 Å². The van der Waals surface area contributed by atoms with E-state index in [9.17, 15) is 8.42 Å². The zero-order valence-electron chi connectivity index (χ0n) is 12.1. The number of rotatable bonds is 7. The maximum absolute atomic E-state index is 12.4. The average Bonchev–Trinajstić information content (AvgIpc) is 3.07. The minimum Gasteiger partial charge on any atom is -0.313 e. The normalized spacial score (nSPS) is 18.5. The van der Waals surface area contributed by atoms with Gasteiger partial charge >= 0.3 is 0 Å². The summed E-state index contributed by atoms with van der Waals surface area (Å²) in [6, 6.07) is -0.0298. The molecule has 1 fully saturated rings. The Bertz CT molecular complexity index is 520. The highest BCUT2D eigenvalue weighted by molar-refractivity contribution is 7.89. The summed E-state index contributed by atoms with van der Waals surface area (Å²) in [5.41, 5.74) is 0.679. The van der Waals surface area contributed by atoms with Gasteiger partial charge in [0.15, 0.2) is 5.03 Å². The molecule has 0 bridgehead atoms. The van der Waals surface area contributed by atoms with Crippen LogP contribution in [0.25, 0.3) is 0 Å². The first-order chi connectivity index (χ1) is 9.54. The molecule has 0 aromatic carbocycles. The molecule has 7 heteroatoms. The molecule has 114 valence electrons. The van der Waals surface area contributed by atoms with E-state index in [4.69, 9.17) is 0 Å². The monoisotopic (exact) mass is 300 g/mol. The molecular weight excluding hydrogens is 276 g/mol. The summed E-state index contributed by atoms with van der Waals surface area (Å²) >= 11 is 0. The van der Waals surface area contributed by atoms with Crippen LogP contribution in [0, 0.1) is 5.92 Å². The van der Waals surface area contributed by atoms with Crippen LogP contribution in [0.15, 0.2) is 11.2 Å². The van der Waals surface area contributed by atoms with Crippen molar-refractivity contribution in [2.24, 2.45) is 5.92 Å². The molecule has 1 atom stereocenters. The van der Waals surface area contributed by atoms with Gasteiger partial charge in [0.2, 0.25) is 0 Å². The van der Waals surface area contributed by atoms with Crippen molar-refractivity contribution in [1.29, 1.82) is 0 Å². The predicted octanol–water partition coefficient (Wildman–Crippen LogP) is 1.38. The lowest BCUT2D eigenvalue weighted by molar-refractivity contribution is 0.423. The third kappa shape index (κ3) is 3.59. The number of nitrogens with one attached hydrogen (secondary N) is 3. The Morgan fingerprint density at radius 1 is 1.45 bits per heavy atom. The van der Waals surface area contributed by atoms with Gasteiger partial charge < -0.3 is 5.32 Å². The van der Waals surface area contributed by atoms with Crippen molar-refractivity contribution >= 4 is 10.0 Å².